The van der Waals surface area contributed by atoms with Gasteiger partial charge in [0.05, 0.1) is 11.4 Å². The largest absolute Gasteiger partial charge is 0.444 e. The van der Waals surface area contributed by atoms with E-state index in [9.17, 15) is 9.59 Å². The molecule has 0 spiro atoms. The average molecular weight is 624 g/mol. The number of rotatable bonds is 7. The first-order valence-electron chi connectivity index (χ1n) is 14.8. The molecule has 1 unspecified atom stereocenters. The van der Waals surface area contributed by atoms with Crippen LogP contribution >= 0.6 is 11.6 Å². The van der Waals surface area contributed by atoms with E-state index in [0.717, 1.165) is 22.6 Å². The van der Waals surface area contributed by atoms with Crippen molar-refractivity contribution in [2.75, 3.05) is 12.4 Å². The maximum Gasteiger partial charge on any atom is 0.410 e. The lowest BCUT2D eigenvalue weighted by molar-refractivity contribution is -0.120. The molecule has 3 aromatic rings. The molecule has 10 heteroatoms. The Balaban J connectivity index is 2.13. The van der Waals surface area contributed by atoms with Gasteiger partial charge in [-0.25, -0.2) is 14.8 Å². The quantitative estimate of drug-likeness (QED) is 0.212. The maximum absolute atomic E-state index is 13.2. The van der Waals surface area contributed by atoms with E-state index in [1.807, 2.05) is 35.7 Å². The van der Waals surface area contributed by atoms with E-state index in [4.69, 9.17) is 26.3 Å². The van der Waals surface area contributed by atoms with Crippen molar-refractivity contribution in [3.63, 3.8) is 0 Å². The Morgan fingerprint density at radius 3 is 2.19 bits per heavy atom. The summed E-state index contributed by atoms with van der Waals surface area (Å²) in [6.07, 6.45) is 1.31. The number of hydrogen-bond acceptors (Lipinski definition) is 5. The number of nitrogens with zero attached hydrogens (tertiary/aromatic N) is 4. The van der Waals surface area contributed by atoms with E-state index in [1.165, 1.54) is 4.90 Å². The SMILES string of the molecule is Cc1nc2cc(Cl)ccn2c1-c1ccc(NC(=O)C(C)N(C)C(=O)OC(C)(C)C)nc1C#C[Si](C(C)C)(C(C)C)C(C)C. The molecule has 0 aliphatic rings. The van der Waals surface area contributed by atoms with Crippen molar-refractivity contribution in [2.24, 2.45) is 0 Å². The highest BCUT2D eigenvalue weighted by Crippen LogP contribution is 2.41. The van der Waals surface area contributed by atoms with Crippen LogP contribution in [0.15, 0.2) is 30.5 Å². The average Bonchev–Trinajstić information content (AvgIpc) is 3.21. The molecule has 0 aromatic carbocycles. The molecule has 43 heavy (non-hydrogen) atoms. The van der Waals surface area contributed by atoms with Gasteiger partial charge in [0.15, 0.2) is 0 Å². The van der Waals surface area contributed by atoms with Gasteiger partial charge in [0.2, 0.25) is 5.91 Å². The monoisotopic (exact) mass is 623 g/mol. The van der Waals surface area contributed by atoms with Crippen LogP contribution in [-0.4, -0.2) is 58.0 Å². The predicted molar refractivity (Wildman–Crippen MR) is 178 cm³/mol. The Labute approximate surface area is 262 Å². The van der Waals surface area contributed by atoms with E-state index in [0.29, 0.717) is 33.2 Å². The fraction of sp³-hybridized carbons (Fsp3) is 0.515. The fourth-order valence-corrected chi connectivity index (χ4v) is 11.1. The fourth-order valence-electron chi connectivity index (χ4n) is 5.78. The highest BCUT2D eigenvalue weighted by molar-refractivity contribution is 6.90. The third-order valence-electron chi connectivity index (χ3n) is 8.07. The topological polar surface area (TPSA) is 88.8 Å². The maximum atomic E-state index is 13.2. The minimum Gasteiger partial charge on any atom is -0.444 e. The third-order valence-corrected chi connectivity index (χ3v) is 14.6. The summed E-state index contributed by atoms with van der Waals surface area (Å²) >= 11 is 6.26. The highest BCUT2D eigenvalue weighted by atomic mass is 35.5. The summed E-state index contributed by atoms with van der Waals surface area (Å²) in [5.74, 6) is 3.46. The molecule has 1 atom stereocenters. The Hall–Kier alpha value is -3.35. The molecule has 0 aliphatic carbocycles. The number of pyridine rings is 2. The van der Waals surface area contributed by atoms with Crippen molar-refractivity contribution < 1.29 is 14.3 Å². The van der Waals surface area contributed by atoms with Crippen LogP contribution in [0, 0.1) is 18.4 Å². The first-order chi connectivity index (χ1) is 19.9. The van der Waals surface area contributed by atoms with Crippen molar-refractivity contribution in [1.82, 2.24) is 19.3 Å². The van der Waals surface area contributed by atoms with E-state index in [1.54, 1.807) is 40.8 Å². The summed E-state index contributed by atoms with van der Waals surface area (Å²) in [6, 6.07) is 6.53. The molecule has 8 nitrogen and oxygen atoms in total. The van der Waals surface area contributed by atoms with Crippen LogP contribution in [0.2, 0.25) is 21.6 Å². The van der Waals surface area contributed by atoms with Crippen LogP contribution in [0.4, 0.5) is 10.6 Å². The molecular formula is C33H46ClN5O3Si. The number of carbonyl (C=O) groups is 2. The third kappa shape index (κ3) is 7.42. The van der Waals surface area contributed by atoms with Gasteiger partial charge in [0.25, 0.3) is 0 Å². The van der Waals surface area contributed by atoms with Gasteiger partial charge in [-0.15, -0.1) is 5.54 Å². The van der Waals surface area contributed by atoms with Gasteiger partial charge in [0, 0.05) is 29.9 Å². The molecule has 232 valence electrons. The van der Waals surface area contributed by atoms with Crippen molar-refractivity contribution in [2.45, 2.75) is 104 Å². The van der Waals surface area contributed by atoms with Crippen LogP contribution in [-0.2, 0) is 9.53 Å². The van der Waals surface area contributed by atoms with Crippen molar-refractivity contribution in [3.8, 4) is 22.7 Å². The summed E-state index contributed by atoms with van der Waals surface area (Å²) in [7, 11) is -0.553. The summed E-state index contributed by atoms with van der Waals surface area (Å²) in [6.45, 7) is 22.6. The molecule has 0 bridgehead atoms. The van der Waals surface area contributed by atoms with Crippen LogP contribution in [0.3, 0.4) is 0 Å². The zero-order chi connectivity index (χ0) is 32.4. The number of hydrogen-bond donors (Lipinski definition) is 1. The summed E-state index contributed by atoms with van der Waals surface area (Å²) in [5, 5.41) is 3.49. The first-order valence-corrected chi connectivity index (χ1v) is 17.5. The smallest absolute Gasteiger partial charge is 0.410 e. The molecule has 3 heterocycles. The number of nitrogens with one attached hydrogen (secondary N) is 1. The second kappa shape index (κ2) is 13.1. The predicted octanol–water partition coefficient (Wildman–Crippen LogP) is 8.12. The zero-order valence-corrected chi connectivity index (χ0v) is 29.3. The standard InChI is InChI=1S/C33H46ClN5O3Si/c1-20(2)43(21(3)4,22(5)6)18-16-27-26(30-23(7)35-29-19-25(34)15-17-39(29)30)13-14-28(36-27)37-31(40)24(8)38(12)32(41)42-33(9,10)11/h13-15,17,19-22,24H,1-12H3,(H,36,37,40). The van der Waals surface area contributed by atoms with Crippen LogP contribution in [0.1, 0.15) is 80.6 Å². The molecular weight excluding hydrogens is 578 g/mol. The van der Waals surface area contributed by atoms with Gasteiger partial charge in [-0.2, -0.15) is 0 Å². The molecule has 0 saturated heterocycles. The molecule has 3 rings (SSSR count). The van der Waals surface area contributed by atoms with Gasteiger partial charge in [-0.05, 0) is 69.4 Å². The minimum atomic E-state index is -2.09. The Bertz CT molecular complexity index is 1540. The Morgan fingerprint density at radius 2 is 1.63 bits per heavy atom. The van der Waals surface area contributed by atoms with E-state index in [2.05, 4.69) is 58.3 Å². The number of likely N-dealkylation sites (N-methyl/N-ethyl adjacent to an activating group) is 1. The summed E-state index contributed by atoms with van der Waals surface area (Å²) < 4.78 is 7.42. The number of amides is 2. The Kier molecular flexibility index (Phi) is 10.4. The van der Waals surface area contributed by atoms with Crippen molar-refractivity contribution in [3.05, 3.63) is 46.9 Å². The lowest BCUT2D eigenvalue weighted by Crippen LogP contribution is -2.45. The minimum absolute atomic E-state index is 0.350. The molecule has 3 aromatic heterocycles. The number of carbonyl (C=O) groups excluding carboxylic acids is 2. The second-order valence-electron chi connectivity index (χ2n) is 13.1. The van der Waals surface area contributed by atoms with Crippen LogP contribution in [0.5, 0.6) is 0 Å². The molecule has 0 aliphatic heterocycles. The zero-order valence-electron chi connectivity index (χ0n) is 27.6. The molecule has 1 N–H and O–H groups in total. The lowest BCUT2D eigenvalue weighted by Gasteiger charge is -2.38. The van der Waals surface area contributed by atoms with Gasteiger partial charge < -0.3 is 10.1 Å². The molecule has 0 fully saturated rings. The normalized spacial score (nSPS) is 12.8. The van der Waals surface area contributed by atoms with Gasteiger partial charge >= 0.3 is 6.09 Å². The number of halogens is 1. The first kappa shape index (κ1) is 34.1. The van der Waals surface area contributed by atoms with Crippen LogP contribution in [0.25, 0.3) is 16.9 Å². The van der Waals surface area contributed by atoms with E-state index < -0.39 is 25.8 Å². The van der Waals surface area contributed by atoms with Crippen molar-refractivity contribution >= 4 is 43.1 Å². The Morgan fingerprint density at radius 1 is 1.02 bits per heavy atom. The van der Waals surface area contributed by atoms with E-state index in [-0.39, 0.29) is 5.91 Å². The number of aryl methyl sites for hydroxylation is 1. The summed E-state index contributed by atoms with van der Waals surface area (Å²) in [4.78, 5) is 36.7. The lowest BCUT2D eigenvalue weighted by atomic mass is 10.1. The van der Waals surface area contributed by atoms with Gasteiger partial charge in [-0.1, -0.05) is 59.1 Å². The highest BCUT2D eigenvalue weighted by Gasteiger charge is 2.41. The number of aromatic nitrogens is 3. The van der Waals surface area contributed by atoms with Gasteiger partial charge in [0.1, 0.15) is 36.9 Å². The molecule has 0 radical (unpaired) electrons. The van der Waals surface area contributed by atoms with Gasteiger partial charge in [-0.3, -0.25) is 14.1 Å². The number of anilines is 1. The second-order valence-corrected chi connectivity index (χ2v) is 19.1. The van der Waals surface area contributed by atoms with Crippen molar-refractivity contribution in [1.29, 1.82) is 0 Å². The number of imidazole rings is 1. The molecule has 0 saturated carbocycles. The van der Waals surface area contributed by atoms with E-state index >= 15 is 0 Å². The summed E-state index contributed by atoms with van der Waals surface area (Å²) in [5.41, 5.74) is 8.21. The van der Waals surface area contributed by atoms with Crippen LogP contribution < -0.4 is 5.32 Å². The molecule has 2 amide bonds. The number of ether oxygens (including phenoxy) is 1. The number of fused-ring (bicyclic) bond motifs is 1.